The lowest BCUT2D eigenvalue weighted by molar-refractivity contribution is -0.116. The van der Waals surface area contributed by atoms with Gasteiger partial charge in [0.25, 0.3) is 5.91 Å². The highest BCUT2D eigenvalue weighted by Gasteiger charge is 2.18. The van der Waals surface area contributed by atoms with Crippen molar-refractivity contribution in [3.63, 3.8) is 0 Å². The van der Waals surface area contributed by atoms with Crippen molar-refractivity contribution in [1.82, 2.24) is 4.90 Å². The molecule has 0 bridgehead atoms. The number of hydrogen-bond acceptors (Lipinski definition) is 3. The van der Waals surface area contributed by atoms with Crippen molar-refractivity contribution in [3.05, 3.63) is 29.8 Å². The minimum Gasteiger partial charge on any atom is -0.378 e. The summed E-state index contributed by atoms with van der Waals surface area (Å²) in [7, 11) is 0. The van der Waals surface area contributed by atoms with E-state index in [2.05, 4.69) is 5.32 Å². The normalized spacial score (nSPS) is 21.0. The van der Waals surface area contributed by atoms with Crippen LogP contribution in [-0.2, 0) is 9.53 Å². The zero-order chi connectivity index (χ0) is 17.5. The van der Waals surface area contributed by atoms with Gasteiger partial charge in [0.2, 0.25) is 5.91 Å². The first kappa shape index (κ1) is 17.9. The fraction of sp³-hybridized carbons (Fsp3) is 0.600. The predicted molar refractivity (Wildman–Crippen MR) is 97.7 cm³/mol. The molecule has 3 rings (SSSR count). The maximum absolute atomic E-state index is 12.6. The molecule has 0 aromatic heterocycles. The van der Waals surface area contributed by atoms with E-state index in [0.717, 1.165) is 57.5 Å². The Morgan fingerprint density at radius 3 is 2.40 bits per heavy atom. The molecule has 1 atom stereocenters. The van der Waals surface area contributed by atoms with Gasteiger partial charge in [-0.25, -0.2) is 0 Å². The fourth-order valence-corrected chi connectivity index (χ4v) is 3.54. The van der Waals surface area contributed by atoms with Crippen molar-refractivity contribution in [2.24, 2.45) is 0 Å². The highest BCUT2D eigenvalue weighted by molar-refractivity contribution is 5.95. The zero-order valence-corrected chi connectivity index (χ0v) is 14.8. The van der Waals surface area contributed by atoms with E-state index in [-0.39, 0.29) is 17.9 Å². The number of carbonyl (C=O) groups is 2. The Morgan fingerprint density at radius 2 is 1.76 bits per heavy atom. The second kappa shape index (κ2) is 8.99. The topological polar surface area (TPSA) is 58.6 Å². The van der Waals surface area contributed by atoms with Crippen molar-refractivity contribution in [1.29, 1.82) is 0 Å². The van der Waals surface area contributed by atoms with Gasteiger partial charge in [-0.05, 0) is 56.4 Å². The number of rotatable bonds is 5. The monoisotopic (exact) mass is 344 g/mol. The summed E-state index contributed by atoms with van der Waals surface area (Å²) in [5.41, 5.74) is 1.43. The van der Waals surface area contributed by atoms with Crippen molar-refractivity contribution in [2.75, 3.05) is 25.0 Å². The minimum atomic E-state index is 0.00194. The molecule has 0 saturated carbocycles. The van der Waals surface area contributed by atoms with Crippen LogP contribution >= 0.6 is 0 Å². The number of benzene rings is 1. The Morgan fingerprint density at radius 1 is 1.04 bits per heavy atom. The average Bonchev–Trinajstić information content (AvgIpc) is 3.00. The molecule has 1 N–H and O–H groups in total. The Hall–Kier alpha value is -1.88. The SMILES string of the molecule is O=C(CC[C@H]1CCCO1)Nc1ccc(C(=O)N2CCCCCC2)cc1. The summed E-state index contributed by atoms with van der Waals surface area (Å²) in [6, 6.07) is 7.25. The molecular formula is C20H28N2O3. The van der Waals surface area contributed by atoms with Crippen LogP contribution in [-0.4, -0.2) is 42.5 Å². The highest BCUT2D eigenvalue weighted by atomic mass is 16.5. The second-order valence-electron chi connectivity index (χ2n) is 7.01. The molecule has 0 radical (unpaired) electrons. The van der Waals surface area contributed by atoms with Gasteiger partial charge < -0.3 is 15.0 Å². The lowest BCUT2D eigenvalue weighted by Crippen LogP contribution is -2.31. The largest absolute Gasteiger partial charge is 0.378 e. The summed E-state index contributed by atoms with van der Waals surface area (Å²) in [6.07, 6.45) is 8.23. The lowest BCUT2D eigenvalue weighted by Gasteiger charge is -2.20. The molecule has 2 amide bonds. The van der Waals surface area contributed by atoms with Gasteiger partial charge in [0.05, 0.1) is 6.10 Å². The molecule has 5 nitrogen and oxygen atoms in total. The van der Waals surface area contributed by atoms with Crippen LogP contribution in [0.25, 0.3) is 0 Å². The van der Waals surface area contributed by atoms with E-state index in [4.69, 9.17) is 4.74 Å². The van der Waals surface area contributed by atoms with E-state index in [1.165, 1.54) is 12.8 Å². The van der Waals surface area contributed by atoms with Crippen molar-refractivity contribution >= 4 is 17.5 Å². The lowest BCUT2D eigenvalue weighted by atomic mass is 10.1. The smallest absolute Gasteiger partial charge is 0.253 e. The van der Waals surface area contributed by atoms with Gasteiger partial charge in [-0.15, -0.1) is 0 Å². The van der Waals surface area contributed by atoms with Gasteiger partial charge in [0.15, 0.2) is 0 Å². The fourth-order valence-electron chi connectivity index (χ4n) is 3.54. The van der Waals surface area contributed by atoms with Gasteiger partial charge in [-0.3, -0.25) is 9.59 Å². The summed E-state index contributed by atoms with van der Waals surface area (Å²) < 4.78 is 5.54. The van der Waals surface area contributed by atoms with Crippen LogP contribution in [0, 0.1) is 0 Å². The third kappa shape index (κ3) is 5.30. The van der Waals surface area contributed by atoms with E-state index in [1.54, 1.807) is 0 Å². The molecule has 2 fully saturated rings. The summed E-state index contributed by atoms with van der Waals surface area (Å²) in [6.45, 7) is 2.51. The molecule has 0 aliphatic carbocycles. The number of nitrogens with one attached hydrogen (secondary N) is 1. The molecule has 2 aliphatic heterocycles. The Balaban J connectivity index is 1.49. The maximum atomic E-state index is 12.6. The Bertz CT molecular complexity index is 571. The molecule has 1 aromatic rings. The average molecular weight is 344 g/mol. The van der Waals surface area contributed by atoms with E-state index >= 15 is 0 Å². The first-order valence-corrected chi connectivity index (χ1v) is 9.53. The maximum Gasteiger partial charge on any atom is 0.253 e. The third-order valence-electron chi connectivity index (χ3n) is 5.03. The first-order chi connectivity index (χ1) is 12.2. The predicted octanol–water partition coefficient (Wildman–Crippen LogP) is 3.60. The summed E-state index contributed by atoms with van der Waals surface area (Å²) in [5.74, 6) is 0.0975. The number of ether oxygens (including phenoxy) is 1. The molecule has 136 valence electrons. The molecule has 5 heteroatoms. The van der Waals surface area contributed by atoms with Crippen LogP contribution in [0.1, 0.15) is 61.7 Å². The number of hydrogen-bond donors (Lipinski definition) is 1. The van der Waals surface area contributed by atoms with E-state index in [1.807, 2.05) is 29.2 Å². The number of carbonyl (C=O) groups excluding carboxylic acids is 2. The van der Waals surface area contributed by atoms with Crippen molar-refractivity contribution in [3.8, 4) is 0 Å². The quantitative estimate of drug-likeness (QED) is 0.888. The molecule has 0 spiro atoms. The second-order valence-corrected chi connectivity index (χ2v) is 7.01. The van der Waals surface area contributed by atoms with Crippen molar-refractivity contribution < 1.29 is 14.3 Å². The number of amides is 2. The Kier molecular flexibility index (Phi) is 6.45. The molecule has 2 heterocycles. The molecule has 0 unspecified atom stereocenters. The first-order valence-electron chi connectivity index (χ1n) is 9.53. The molecular weight excluding hydrogens is 316 g/mol. The number of likely N-dealkylation sites (tertiary alicyclic amines) is 1. The van der Waals surface area contributed by atoms with Crippen LogP contribution in [0.15, 0.2) is 24.3 Å². The standard InChI is InChI=1S/C20H28N2O3/c23-19(12-11-18-6-5-15-25-18)21-17-9-7-16(8-10-17)20(24)22-13-3-1-2-4-14-22/h7-10,18H,1-6,11-15H2,(H,21,23)/t18-/m1/s1. The number of nitrogens with zero attached hydrogens (tertiary/aromatic N) is 1. The van der Waals surface area contributed by atoms with E-state index in [9.17, 15) is 9.59 Å². The molecule has 1 aromatic carbocycles. The van der Waals surface area contributed by atoms with Crippen LogP contribution in [0.3, 0.4) is 0 Å². The van der Waals surface area contributed by atoms with Gasteiger partial charge in [0.1, 0.15) is 0 Å². The molecule has 2 saturated heterocycles. The Labute approximate surface area is 149 Å². The van der Waals surface area contributed by atoms with Crippen molar-refractivity contribution in [2.45, 2.75) is 57.5 Å². The van der Waals surface area contributed by atoms with Crippen LogP contribution in [0.2, 0.25) is 0 Å². The number of anilines is 1. The summed E-state index contributed by atoms with van der Waals surface area (Å²) >= 11 is 0. The third-order valence-corrected chi connectivity index (χ3v) is 5.03. The van der Waals surface area contributed by atoms with E-state index < -0.39 is 0 Å². The van der Waals surface area contributed by atoms with Crippen LogP contribution in [0.5, 0.6) is 0 Å². The van der Waals surface area contributed by atoms with Gasteiger partial charge in [0, 0.05) is 37.4 Å². The van der Waals surface area contributed by atoms with Gasteiger partial charge in [-0.2, -0.15) is 0 Å². The highest BCUT2D eigenvalue weighted by Crippen LogP contribution is 2.18. The van der Waals surface area contributed by atoms with Crippen LogP contribution < -0.4 is 5.32 Å². The molecule has 25 heavy (non-hydrogen) atoms. The zero-order valence-electron chi connectivity index (χ0n) is 14.8. The summed E-state index contributed by atoms with van der Waals surface area (Å²) in [5, 5.41) is 2.90. The van der Waals surface area contributed by atoms with Gasteiger partial charge >= 0.3 is 0 Å². The van der Waals surface area contributed by atoms with Gasteiger partial charge in [-0.1, -0.05) is 12.8 Å². The molecule has 2 aliphatic rings. The van der Waals surface area contributed by atoms with E-state index in [0.29, 0.717) is 12.0 Å². The summed E-state index contributed by atoms with van der Waals surface area (Å²) in [4.78, 5) is 26.5. The van der Waals surface area contributed by atoms with Crippen LogP contribution in [0.4, 0.5) is 5.69 Å². The minimum absolute atomic E-state index is 0.00194.